The van der Waals surface area contributed by atoms with Crippen LogP contribution in [0.2, 0.25) is 0 Å². The van der Waals surface area contributed by atoms with Crippen LogP contribution in [0.25, 0.3) is 0 Å². The van der Waals surface area contributed by atoms with Crippen LogP contribution >= 0.6 is 0 Å². The minimum Gasteiger partial charge on any atom is -0.378 e. The Morgan fingerprint density at radius 2 is 1.89 bits per heavy atom. The molecule has 2 nitrogen and oxygen atoms in total. The summed E-state index contributed by atoms with van der Waals surface area (Å²) < 4.78 is 0. The maximum atomic E-state index is 10.1. The number of aryl methyl sites for hydroxylation is 1. The number of terminal acetylenes is 1. The van der Waals surface area contributed by atoms with Gasteiger partial charge in [-0.05, 0) is 30.4 Å². The first kappa shape index (κ1) is 12.7. The average molecular weight is 255 g/mol. The van der Waals surface area contributed by atoms with E-state index in [2.05, 4.69) is 35.1 Å². The van der Waals surface area contributed by atoms with Crippen LogP contribution in [-0.4, -0.2) is 34.7 Å². The number of rotatable bonds is 1. The van der Waals surface area contributed by atoms with E-state index in [1.807, 2.05) is 0 Å². The summed E-state index contributed by atoms with van der Waals surface area (Å²) in [6, 6.07) is 9.39. The van der Waals surface area contributed by atoms with Gasteiger partial charge < -0.3 is 5.11 Å². The van der Waals surface area contributed by atoms with E-state index >= 15 is 0 Å². The molecule has 1 fully saturated rings. The number of hydrogen-bond donors (Lipinski definition) is 1. The lowest BCUT2D eigenvalue weighted by Gasteiger charge is -2.41. The molecule has 0 bridgehead atoms. The lowest BCUT2D eigenvalue weighted by Crippen LogP contribution is -2.49. The second kappa shape index (κ2) is 5.00. The third kappa shape index (κ3) is 2.54. The highest BCUT2D eigenvalue weighted by atomic mass is 16.3. The molecule has 1 aliphatic carbocycles. The third-order valence-electron chi connectivity index (χ3n) is 4.73. The van der Waals surface area contributed by atoms with Gasteiger partial charge in [0.15, 0.2) is 0 Å². The van der Waals surface area contributed by atoms with Crippen LogP contribution in [0.1, 0.15) is 30.4 Å². The average Bonchev–Trinajstić information content (AvgIpc) is 2.47. The molecule has 3 rings (SSSR count). The van der Waals surface area contributed by atoms with E-state index in [1.165, 1.54) is 24.0 Å². The predicted molar refractivity (Wildman–Crippen MR) is 76.8 cm³/mol. The van der Waals surface area contributed by atoms with Crippen LogP contribution in [0.4, 0.5) is 0 Å². The predicted octanol–water partition coefficient (Wildman–Crippen LogP) is 2.00. The minimum atomic E-state index is -0.858. The molecule has 0 aromatic heterocycles. The van der Waals surface area contributed by atoms with Crippen LogP contribution in [0.5, 0.6) is 0 Å². The molecular weight excluding hydrogens is 234 g/mol. The maximum absolute atomic E-state index is 10.1. The maximum Gasteiger partial charge on any atom is 0.127 e. The van der Waals surface area contributed by atoms with Gasteiger partial charge in [-0.2, -0.15) is 0 Å². The molecule has 2 aliphatic rings. The van der Waals surface area contributed by atoms with Gasteiger partial charge in [-0.25, -0.2) is 0 Å². The molecule has 0 spiro atoms. The molecule has 100 valence electrons. The van der Waals surface area contributed by atoms with Gasteiger partial charge in [0.2, 0.25) is 0 Å². The van der Waals surface area contributed by atoms with E-state index < -0.39 is 5.60 Å². The van der Waals surface area contributed by atoms with Gasteiger partial charge in [0.25, 0.3) is 0 Å². The van der Waals surface area contributed by atoms with Crippen molar-refractivity contribution in [2.24, 2.45) is 0 Å². The molecule has 0 radical (unpaired) electrons. The second-order valence-corrected chi connectivity index (χ2v) is 5.88. The van der Waals surface area contributed by atoms with E-state index in [-0.39, 0.29) is 0 Å². The molecule has 1 heterocycles. The lowest BCUT2D eigenvalue weighted by atomic mass is 9.85. The number of piperidine rings is 1. The Hall–Kier alpha value is -1.30. The Balaban J connectivity index is 1.65. The molecule has 1 saturated heterocycles. The number of nitrogens with zero attached hydrogens (tertiary/aromatic N) is 1. The van der Waals surface area contributed by atoms with Gasteiger partial charge in [-0.15, -0.1) is 6.42 Å². The largest absolute Gasteiger partial charge is 0.378 e. The Bertz CT molecular complexity index is 494. The van der Waals surface area contributed by atoms with Gasteiger partial charge in [-0.3, -0.25) is 4.90 Å². The summed E-state index contributed by atoms with van der Waals surface area (Å²) in [5, 5.41) is 10.1. The Morgan fingerprint density at radius 1 is 1.21 bits per heavy atom. The van der Waals surface area contributed by atoms with Gasteiger partial charge in [0.05, 0.1) is 0 Å². The van der Waals surface area contributed by atoms with Crippen molar-refractivity contribution >= 4 is 0 Å². The molecule has 19 heavy (non-hydrogen) atoms. The van der Waals surface area contributed by atoms with Gasteiger partial charge in [0, 0.05) is 32.0 Å². The molecule has 2 heteroatoms. The Kier molecular flexibility index (Phi) is 3.35. The fraction of sp³-hybridized carbons (Fsp3) is 0.529. The van der Waals surface area contributed by atoms with E-state index in [1.54, 1.807) is 0 Å². The first-order valence-electron chi connectivity index (χ1n) is 7.21. The molecule has 0 saturated carbocycles. The highest BCUT2D eigenvalue weighted by molar-refractivity contribution is 5.30. The number of fused-ring (bicyclic) bond motifs is 1. The van der Waals surface area contributed by atoms with E-state index in [9.17, 15) is 5.11 Å². The van der Waals surface area contributed by atoms with E-state index in [4.69, 9.17) is 6.42 Å². The fourth-order valence-corrected chi connectivity index (χ4v) is 3.39. The SMILES string of the molecule is C#CC1(O)CCN([C@@H]2CCc3ccccc3C2)CC1. The van der Waals surface area contributed by atoms with Gasteiger partial charge in [-0.1, -0.05) is 30.2 Å². The Morgan fingerprint density at radius 3 is 2.58 bits per heavy atom. The summed E-state index contributed by atoms with van der Waals surface area (Å²) in [6.07, 6.45) is 10.4. The van der Waals surface area contributed by atoms with Crippen molar-refractivity contribution in [3.8, 4) is 12.3 Å². The number of likely N-dealkylation sites (tertiary alicyclic amines) is 1. The molecule has 0 unspecified atom stereocenters. The number of hydrogen-bond acceptors (Lipinski definition) is 2. The highest BCUT2D eigenvalue weighted by Gasteiger charge is 2.33. The first-order valence-corrected chi connectivity index (χ1v) is 7.21. The summed E-state index contributed by atoms with van der Waals surface area (Å²) in [4.78, 5) is 2.52. The zero-order chi connectivity index (χ0) is 13.3. The second-order valence-electron chi connectivity index (χ2n) is 5.88. The molecule has 1 aromatic rings. The molecule has 1 aliphatic heterocycles. The normalized spacial score (nSPS) is 26.4. The van der Waals surface area contributed by atoms with E-state index in [0.717, 1.165) is 19.5 Å². The fourth-order valence-electron chi connectivity index (χ4n) is 3.39. The van der Waals surface area contributed by atoms with Crippen molar-refractivity contribution in [3.63, 3.8) is 0 Å². The number of aliphatic hydroxyl groups is 1. The van der Waals surface area contributed by atoms with Crippen LogP contribution in [-0.2, 0) is 12.8 Å². The minimum absolute atomic E-state index is 0.622. The van der Waals surface area contributed by atoms with Crippen LogP contribution in [0.3, 0.4) is 0 Å². The molecule has 0 amide bonds. The van der Waals surface area contributed by atoms with Gasteiger partial charge >= 0.3 is 0 Å². The van der Waals surface area contributed by atoms with Crippen LogP contribution < -0.4 is 0 Å². The van der Waals surface area contributed by atoms with Gasteiger partial charge in [0.1, 0.15) is 5.60 Å². The number of benzene rings is 1. The summed E-state index contributed by atoms with van der Waals surface area (Å²) >= 11 is 0. The molecule has 1 N–H and O–H groups in total. The summed E-state index contributed by atoms with van der Waals surface area (Å²) in [5.41, 5.74) is 2.15. The Labute approximate surface area is 115 Å². The quantitative estimate of drug-likeness (QED) is 0.776. The van der Waals surface area contributed by atoms with Crippen molar-refractivity contribution in [2.75, 3.05) is 13.1 Å². The van der Waals surface area contributed by atoms with Crippen LogP contribution in [0, 0.1) is 12.3 Å². The lowest BCUT2D eigenvalue weighted by molar-refractivity contribution is 0.0107. The van der Waals surface area contributed by atoms with Crippen molar-refractivity contribution < 1.29 is 5.11 Å². The van der Waals surface area contributed by atoms with Crippen molar-refractivity contribution in [2.45, 2.75) is 43.7 Å². The highest BCUT2D eigenvalue weighted by Crippen LogP contribution is 2.29. The summed E-state index contributed by atoms with van der Waals surface area (Å²) in [6.45, 7) is 1.85. The van der Waals surface area contributed by atoms with Crippen molar-refractivity contribution in [3.05, 3.63) is 35.4 Å². The zero-order valence-electron chi connectivity index (χ0n) is 11.3. The smallest absolute Gasteiger partial charge is 0.127 e. The summed E-state index contributed by atoms with van der Waals surface area (Å²) in [7, 11) is 0. The van der Waals surface area contributed by atoms with Crippen LogP contribution in [0.15, 0.2) is 24.3 Å². The monoisotopic (exact) mass is 255 g/mol. The molecule has 1 aromatic carbocycles. The standard InChI is InChI=1S/C17H21NO/c1-2-17(19)9-11-18(12-10-17)16-8-7-14-5-3-4-6-15(14)13-16/h1,3-6,16,19H,7-13H2/t16-/m1/s1. The topological polar surface area (TPSA) is 23.5 Å². The first-order chi connectivity index (χ1) is 9.20. The third-order valence-corrected chi connectivity index (χ3v) is 4.73. The molecule has 1 atom stereocenters. The van der Waals surface area contributed by atoms with E-state index in [0.29, 0.717) is 18.9 Å². The zero-order valence-corrected chi connectivity index (χ0v) is 11.3. The van der Waals surface area contributed by atoms with Crippen molar-refractivity contribution in [1.29, 1.82) is 0 Å². The summed E-state index contributed by atoms with van der Waals surface area (Å²) in [5.74, 6) is 2.55. The van der Waals surface area contributed by atoms with Crippen molar-refractivity contribution in [1.82, 2.24) is 4.90 Å². The molecular formula is C17H21NO.